The molecule has 1 aliphatic rings. The molecule has 4 heteroatoms. The van der Waals surface area contributed by atoms with Crippen LogP contribution in [-0.2, 0) is 0 Å². The Hall–Kier alpha value is -0.640. The van der Waals surface area contributed by atoms with Gasteiger partial charge in [-0.1, -0.05) is 56.2 Å². The largest absolute Gasteiger partial charge is 0.392 e. The molecule has 0 amide bonds. The fraction of sp³-hybridized carbons (Fsp3) is 0.647. The molecule has 2 nitrogen and oxygen atoms in total. The number of aliphatic hydroxyl groups is 1. The second-order valence-corrected chi connectivity index (χ2v) is 6.58. The minimum Gasteiger partial charge on any atom is -0.392 e. The van der Waals surface area contributed by atoms with Gasteiger partial charge in [-0.3, -0.25) is 0 Å². The average Bonchev–Trinajstić information content (AvgIpc) is 2.70. The summed E-state index contributed by atoms with van der Waals surface area (Å²) >= 11 is 6.11. The van der Waals surface area contributed by atoms with Crippen molar-refractivity contribution in [1.82, 2.24) is 0 Å². The first kappa shape index (κ1) is 16.7. The predicted molar refractivity (Wildman–Crippen MR) is 85.0 cm³/mol. The Kier molecular flexibility index (Phi) is 6.46. The van der Waals surface area contributed by atoms with Crippen molar-refractivity contribution in [2.45, 2.75) is 57.0 Å². The van der Waals surface area contributed by atoms with Crippen molar-refractivity contribution in [1.29, 1.82) is 0 Å². The van der Waals surface area contributed by atoms with Crippen LogP contribution in [0, 0.1) is 11.7 Å². The lowest BCUT2D eigenvalue weighted by Crippen LogP contribution is -2.28. The van der Waals surface area contributed by atoms with Gasteiger partial charge in [0.15, 0.2) is 0 Å². The van der Waals surface area contributed by atoms with Crippen LogP contribution >= 0.6 is 11.6 Å². The van der Waals surface area contributed by atoms with Gasteiger partial charge < -0.3 is 10.8 Å². The van der Waals surface area contributed by atoms with Gasteiger partial charge in [0.05, 0.1) is 6.10 Å². The molecule has 118 valence electrons. The summed E-state index contributed by atoms with van der Waals surface area (Å²) in [7, 11) is 0. The molecule has 1 aromatic rings. The molecule has 3 N–H and O–H groups in total. The average molecular weight is 314 g/mol. The molecule has 0 aromatic heterocycles. The second kappa shape index (κ2) is 8.11. The second-order valence-electron chi connectivity index (χ2n) is 6.17. The number of rotatable bonds is 5. The maximum atomic E-state index is 13.2. The van der Waals surface area contributed by atoms with Gasteiger partial charge in [0, 0.05) is 17.5 Å². The third-order valence-corrected chi connectivity index (χ3v) is 4.96. The normalized spacial score (nSPS) is 20.0. The standard InChI is InChI=1S/C17H25ClFNO/c18-16-10-13(19)7-8-14(16)15(11-20)17(21)9-12-5-3-1-2-4-6-12/h7-8,10,12,15,17,21H,1-6,9,11,20H2. The molecule has 0 heterocycles. The van der Waals surface area contributed by atoms with E-state index in [2.05, 4.69) is 0 Å². The highest BCUT2D eigenvalue weighted by atomic mass is 35.5. The molecule has 0 saturated heterocycles. The lowest BCUT2D eigenvalue weighted by Gasteiger charge is -2.26. The molecule has 0 spiro atoms. The smallest absolute Gasteiger partial charge is 0.124 e. The van der Waals surface area contributed by atoms with Gasteiger partial charge >= 0.3 is 0 Å². The molecule has 2 atom stereocenters. The Morgan fingerprint density at radius 1 is 1.24 bits per heavy atom. The van der Waals surface area contributed by atoms with E-state index in [9.17, 15) is 9.50 Å². The minimum absolute atomic E-state index is 0.221. The molecule has 1 saturated carbocycles. The first-order valence-electron chi connectivity index (χ1n) is 7.95. The van der Waals surface area contributed by atoms with Crippen molar-refractivity contribution in [3.63, 3.8) is 0 Å². The van der Waals surface area contributed by atoms with E-state index in [-0.39, 0.29) is 11.7 Å². The Morgan fingerprint density at radius 3 is 2.48 bits per heavy atom. The highest BCUT2D eigenvalue weighted by Crippen LogP contribution is 2.33. The van der Waals surface area contributed by atoms with E-state index in [0.717, 1.165) is 12.0 Å². The molecule has 1 aromatic carbocycles. The molecule has 1 fully saturated rings. The van der Waals surface area contributed by atoms with Gasteiger partial charge in [-0.2, -0.15) is 0 Å². The van der Waals surface area contributed by atoms with E-state index in [1.54, 1.807) is 6.07 Å². The maximum absolute atomic E-state index is 13.2. The Bertz CT molecular complexity index is 446. The van der Waals surface area contributed by atoms with E-state index < -0.39 is 6.10 Å². The topological polar surface area (TPSA) is 46.2 Å². The van der Waals surface area contributed by atoms with Gasteiger partial charge in [0.25, 0.3) is 0 Å². The lowest BCUT2D eigenvalue weighted by atomic mass is 9.85. The molecule has 21 heavy (non-hydrogen) atoms. The van der Waals surface area contributed by atoms with Gasteiger partial charge in [-0.25, -0.2) is 4.39 Å². The summed E-state index contributed by atoms with van der Waals surface area (Å²) < 4.78 is 13.2. The Balaban J connectivity index is 2.05. The molecule has 0 aliphatic heterocycles. The van der Waals surface area contributed by atoms with E-state index in [0.29, 0.717) is 17.5 Å². The van der Waals surface area contributed by atoms with Crippen molar-refractivity contribution in [2.24, 2.45) is 11.7 Å². The molecule has 0 bridgehead atoms. The number of benzene rings is 1. The van der Waals surface area contributed by atoms with E-state index in [4.69, 9.17) is 17.3 Å². The third-order valence-electron chi connectivity index (χ3n) is 4.63. The summed E-state index contributed by atoms with van der Waals surface area (Å²) in [4.78, 5) is 0. The van der Waals surface area contributed by atoms with Crippen LogP contribution in [0.2, 0.25) is 5.02 Å². The highest BCUT2D eigenvalue weighted by molar-refractivity contribution is 6.31. The summed E-state index contributed by atoms with van der Waals surface area (Å²) in [5.41, 5.74) is 6.59. The fourth-order valence-electron chi connectivity index (χ4n) is 3.40. The number of hydrogen-bond donors (Lipinski definition) is 2. The summed E-state index contributed by atoms with van der Waals surface area (Å²) in [6, 6.07) is 4.31. The Morgan fingerprint density at radius 2 is 1.90 bits per heavy atom. The van der Waals surface area contributed by atoms with Crippen molar-refractivity contribution in [3.05, 3.63) is 34.6 Å². The van der Waals surface area contributed by atoms with Crippen molar-refractivity contribution < 1.29 is 9.50 Å². The molecule has 0 radical (unpaired) electrons. The molecule has 2 unspecified atom stereocenters. The van der Waals surface area contributed by atoms with Crippen LogP contribution in [-0.4, -0.2) is 17.8 Å². The fourth-order valence-corrected chi connectivity index (χ4v) is 3.71. The van der Waals surface area contributed by atoms with Crippen LogP contribution in [0.5, 0.6) is 0 Å². The molecule has 2 rings (SSSR count). The first-order valence-corrected chi connectivity index (χ1v) is 8.32. The van der Waals surface area contributed by atoms with Crippen LogP contribution in [0.1, 0.15) is 56.4 Å². The first-order chi connectivity index (χ1) is 10.1. The van der Waals surface area contributed by atoms with Crippen LogP contribution in [0.4, 0.5) is 4.39 Å². The predicted octanol–water partition coefficient (Wildman–Crippen LogP) is 4.24. The van der Waals surface area contributed by atoms with E-state index >= 15 is 0 Å². The molecule has 1 aliphatic carbocycles. The van der Waals surface area contributed by atoms with Crippen LogP contribution in [0.3, 0.4) is 0 Å². The van der Waals surface area contributed by atoms with Crippen LogP contribution in [0.25, 0.3) is 0 Å². The van der Waals surface area contributed by atoms with Gasteiger partial charge in [0.1, 0.15) is 5.82 Å². The SMILES string of the molecule is NCC(c1ccc(F)cc1Cl)C(O)CC1CCCCCC1. The lowest BCUT2D eigenvalue weighted by molar-refractivity contribution is 0.112. The number of nitrogens with two attached hydrogens (primary N) is 1. The zero-order valence-electron chi connectivity index (χ0n) is 12.4. The maximum Gasteiger partial charge on any atom is 0.124 e. The molecular formula is C17H25ClFNO. The third kappa shape index (κ3) is 4.67. The number of halogens is 2. The monoisotopic (exact) mass is 313 g/mol. The van der Waals surface area contributed by atoms with Gasteiger partial charge in [-0.05, 0) is 30.0 Å². The highest BCUT2D eigenvalue weighted by Gasteiger charge is 2.25. The van der Waals surface area contributed by atoms with Crippen molar-refractivity contribution in [3.8, 4) is 0 Å². The van der Waals surface area contributed by atoms with Crippen molar-refractivity contribution in [2.75, 3.05) is 6.54 Å². The summed E-state index contributed by atoms with van der Waals surface area (Å²) in [5, 5.41) is 10.9. The minimum atomic E-state index is -0.513. The quantitative estimate of drug-likeness (QED) is 0.799. The number of aliphatic hydroxyl groups excluding tert-OH is 1. The van der Waals surface area contributed by atoms with Crippen LogP contribution in [0.15, 0.2) is 18.2 Å². The van der Waals surface area contributed by atoms with E-state index in [1.165, 1.54) is 50.7 Å². The van der Waals surface area contributed by atoms with Gasteiger partial charge in [-0.15, -0.1) is 0 Å². The van der Waals surface area contributed by atoms with E-state index in [1.807, 2.05) is 0 Å². The number of hydrogen-bond acceptors (Lipinski definition) is 2. The summed E-state index contributed by atoms with van der Waals surface area (Å²) in [6.45, 7) is 0.319. The molecular weight excluding hydrogens is 289 g/mol. The summed E-state index contributed by atoms with van der Waals surface area (Å²) in [5.74, 6) is -0.0186. The summed E-state index contributed by atoms with van der Waals surface area (Å²) in [6.07, 6.45) is 7.73. The van der Waals surface area contributed by atoms with Crippen LogP contribution < -0.4 is 5.73 Å². The van der Waals surface area contributed by atoms with Gasteiger partial charge in [0.2, 0.25) is 0 Å². The zero-order valence-corrected chi connectivity index (χ0v) is 13.2. The Labute approximate surface area is 131 Å². The van der Waals surface area contributed by atoms with Crippen molar-refractivity contribution >= 4 is 11.6 Å². The zero-order chi connectivity index (χ0) is 15.2.